The van der Waals surface area contributed by atoms with Gasteiger partial charge < -0.3 is 9.47 Å². The number of aryl methyl sites for hydroxylation is 1. The van der Waals surface area contributed by atoms with E-state index in [1.807, 2.05) is 41.0 Å². The maximum absolute atomic E-state index is 13.8. The van der Waals surface area contributed by atoms with Crippen LogP contribution in [0.1, 0.15) is 34.7 Å². The van der Waals surface area contributed by atoms with Crippen LogP contribution in [-0.4, -0.2) is 23.8 Å². The summed E-state index contributed by atoms with van der Waals surface area (Å²) in [6, 6.07) is 17.8. The third-order valence-corrected chi connectivity index (χ3v) is 7.58. The fourth-order valence-corrected chi connectivity index (χ4v) is 5.96. The highest BCUT2D eigenvalue weighted by Crippen LogP contribution is 2.42. The quantitative estimate of drug-likeness (QED) is 0.446. The van der Waals surface area contributed by atoms with Crippen LogP contribution in [0.5, 0.6) is 11.5 Å². The summed E-state index contributed by atoms with van der Waals surface area (Å²) in [4.78, 5) is 23.6. The van der Waals surface area contributed by atoms with Crippen molar-refractivity contribution in [1.82, 2.24) is 9.55 Å². The van der Waals surface area contributed by atoms with Gasteiger partial charge in [0.15, 0.2) is 16.3 Å². The van der Waals surface area contributed by atoms with E-state index in [1.54, 1.807) is 26.6 Å². The van der Waals surface area contributed by atoms with Crippen LogP contribution in [0, 0.1) is 0 Å². The number of pyridine rings is 1. The molecule has 1 atom stereocenters. The number of hydrogen-bond donors (Lipinski definition) is 0. The molecule has 0 amide bonds. The lowest BCUT2D eigenvalue weighted by atomic mass is 9.83. The minimum absolute atomic E-state index is 0.0456. The first-order valence-corrected chi connectivity index (χ1v) is 12.2. The Morgan fingerprint density at radius 1 is 1.00 bits per heavy atom. The molecule has 0 saturated carbocycles. The summed E-state index contributed by atoms with van der Waals surface area (Å²) >= 11 is 1.42. The molecule has 0 spiro atoms. The monoisotopic (exact) mass is 481 g/mol. The molecule has 2 aromatic heterocycles. The topological polar surface area (TPSA) is 65.7 Å². The predicted molar refractivity (Wildman–Crippen MR) is 137 cm³/mol. The Labute approximate surface area is 206 Å². The maximum Gasteiger partial charge on any atom is 0.271 e. The van der Waals surface area contributed by atoms with E-state index in [0.29, 0.717) is 20.8 Å². The number of methoxy groups -OCH3 is 2. The third-order valence-electron chi connectivity index (χ3n) is 6.60. The van der Waals surface area contributed by atoms with Gasteiger partial charge in [-0.1, -0.05) is 41.7 Å². The van der Waals surface area contributed by atoms with Gasteiger partial charge >= 0.3 is 0 Å². The standard InChI is InChI=1S/C28H23N3O3S/c1-33-22-10-8-19(16-23(22)34-2)26-21-9-7-18-5-3-4-6-20(18)25(21)30-28-31(26)27(32)24(35-28)15-17-11-13-29-14-12-17/h3-6,8,10-16,26H,7,9H2,1-2H3/b24-15-/t26-/m0/s1. The van der Waals surface area contributed by atoms with E-state index in [9.17, 15) is 4.79 Å². The molecular weight excluding hydrogens is 458 g/mol. The van der Waals surface area contributed by atoms with E-state index in [1.165, 1.54) is 16.9 Å². The van der Waals surface area contributed by atoms with E-state index >= 15 is 0 Å². The number of aromatic nitrogens is 2. The highest BCUT2D eigenvalue weighted by Gasteiger charge is 2.33. The number of allylic oxidation sites excluding steroid dienone is 1. The van der Waals surface area contributed by atoms with E-state index in [-0.39, 0.29) is 11.6 Å². The van der Waals surface area contributed by atoms with Gasteiger partial charge in [0, 0.05) is 18.0 Å². The number of nitrogens with zero attached hydrogens (tertiary/aromatic N) is 3. The molecular formula is C28H23N3O3S. The maximum atomic E-state index is 13.8. The molecule has 2 aliphatic rings. The molecule has 0 fully saturated rings. The predicted octanol–water partition coefficient (Wildman–Crippen LogP) is 3.73. The Balaban J connectivity index is 1.63. The molecule has 3 heterocycles. The van der Waals surface area contributed by atoms with Crippen molar-refractivity contribution >= 4 is 23.1 Å². The van der Waals surface area contributed by atoms with Gasteiger partial charge in [-0.05, 0) is 65.4 Å². The van der Waals surface area contributed by atoms with Crippen molar-refractivity contribution in [1.29, 1.82) is 0 Å². The van der Waals surface area contributed by atoms with Crippen molar-refractivity contribution in [2.24, 2.45) is 4.99 Å². The summed E-state index contributed by atoms with van der Waals surface area (Å²) in [5.74, 6) is 1.30. The van der Waals surface area contributed by atoms with Crippen LogP contribution in [0.25, 0.3) is 11.8 Å². The van der Waals surface area contributed by atoms with Crippen LogP contribution in [-0.2, 0) is 6.42 Å². The Morgan fingerprint density at radius 3 is 2.60 bits per heavy atom. The second-order valence-electron chi connectivity index (χ2n) is 8.51. The smallest absolute Gasteiger partial charge is 0.271 e. The molecule has 4 aromatic rings. The third kappa shape index (κ3) is 3.59. The van der Waals surface area contributed by atoms with E-state index in [2.05, 4.69) is 29.2 Å². The zero-order chi connectivity index (χ0) is 23.9. The minimum atomic E-state index is -0.269. The first-order valence-electron chi connectivity index (χ1n) is 11.4. The molecule has 0 unspecified atom stereocenters. The van der Waals surface area contributed by atoms with E-state index < -0.39 is 0 Å². The van der Waals surface area contributed by atoms with E-state index in [0.717, 1.165) is 40.8 Å². The van der Waals surface area contributed by atoms with Crippen LogP contribution in [0.2, 0.25) is 0 Å². The molecule has 6 nitrogen and oxygen atoms in total. The fraction of sp³-hybridized carbons (Fsp3) is 0.179. The SMILES string of the molecule is COc1ccc([C@H]2C3=C(N=c4s/c(=C\c5ccncc5)c(=O)n42)c2ccccc2CC3)cc1OC. The van der Waals surface area contributed by atoms with Crippen molar-refractivity contribution < 1.29 is 9.47 Å². The second kappa shape index (κ2) is 8.67. The molecule has 1 aliphatic heterocycles. The van der Waals surface area contributed by atoms with E-state index in [4.69, 9.17) is 14.5 Å². The average Bonchev–Trinajstić information content (AvgIpc) is 3.21. The van der Waals surface area contributed by atoms with Crippen LogP contribution in [0.4, 0.5) is 0 Å². The van der Waals surface area contributed by atoms with Gasteiger partial charge in [0.25, 0.3) is 5.56 Å². The molecule has 174 valence electrons. The number of fused-ring (bicyclic) bond motifs is 3. The van der Waals surface area contributed by atoms with Gasteiger partial charge in [0.2, 0.25) is 0 Å². The van der Waals surface area contributed by atoms with Gasteiger partial charge in [-0.25, -0.2) is 4.99 Å². The van der Waals surface area contributed by atoms with Crippen LogP contribution in [0.15, 0.2) is 82.4 Å². The first kappa shape index (κ1) is 21.6. The number of thiazole rings is 1. The fourth-order valence-electron chi connectivity index (χ4n) is 4.96. The zero-order valence-corrected chi connectivity index (χ0v) is 20.2. The first-order chi connectivity index (χ1) is 17.2. The molecule has 35 heavy (non-hydrogen) atoms. The van der Waals surface area contributed by atoms with Crippen LogP contribution in [0.3, 0.4) is 0 Å². The molecule has 2 aromatic carbocycles. The minimum Gasteiger partial charge on any atom is -0.493 e. The summed E-state index contributed by atoms with van der Waals surface area (Å²) in [6.07, 6.45) is 7.11. The number of benzene rings is 2. The molecule has 0 saturated heterocycles. The van der Waals surface area contributed by atoms with Crippen LogP contribution < -0.4 is 24.4 Å². The summed E-state index contributed by atoms with van der Waals surface area (Å²) < 4.78 is 13.6. The molecule has 7 heteroatoms. The molecule has 0 radical (unpaired) electrons. The largest absolute Gasteiger partial charge is 0.493 e. The number of rotatable bonds is 4. The van der Waals surface area contributed by atoms with Crippen molar-refractivity contribution in [2.45, 2.75) is 18.9 Å². The van der Waals surface area contributed by atoms with Gasteiger partial charge in [0.05, 0.1) is 30.5 Å². The summed E-state index contributed by atoms with van der Waals surface area (Å²) in [6.45, 7) is 0. The molecule has 6 rings (SSSR count). The highest BCUT2D eigenvalue weighted by molar-refractivity contribution is 7.07. The van der Waals surface area contributed by atoms with Gasteiger partial charge in [0.1, 0.15) is 0 Å². The van der Waals surface area contributed by atoms with Gasteiger partial charge in [-0.2, -0.15) is 0 Å². The Morgan fingerprint density at radius 2 is 1.80 bits per heavy atom. The number of ether oxygens (including phenoxy) is 2. The molecule has 1 aliphatic carbocycles. The lowest BCUT2D eigenvalue weighted by molar-refractivity contribution is 0.354. The normalized spacial score (nSPS) is 16.7. The Hall–Kier alpha value is -3.97. The van der Waals surface area contributed by atoms with Crippen molar-refractivity contribution in [3.05, 3.63) is 115 Å². The lowest BCUT2D eigenvalue weighted by Crippen LogP contribution is -2.38. The molecule has 0 bridgehead atoms. The van der Waals surface area contributed by atoms with Gasteiger partial charge in [-0.15, -0.1) is 0 Å². The van der Waals surface area contributed by atoms with Crippen molar-refractivity contribution in [3.8, 4) is 11.5 Å². The summed E-state index contributed by atoms with van der Waals surface area (Å²) in [7, 11) is 3.25. The highest BCUT2D eigenvalue weighted by atomic mass is 32.1. The second-order valence-corrected chi connectivity index (χ2v) is 9.52. The Kier molecular flexibility index (Phi) is 5.34. The zero-order valence-electron chi connectivity index (χ0n) is 19.4. The molecule has 0 N–H and O–H groups in total. The van der Waals surface area contributed by atoms with Crippen molar-refractivity contribution in [2.75, 3.05) is 14.2 Å². The number of hydrogen-bond acceptors (Lipinski definition) is 6. The van der Waals surface area contributed by atoms with Crippen molar-refractivity contribution in [3.63, 3.8) is 0 Å². The Bertz CT molecular complexity index is 1650. The average molecular weight is 482 g/mol. The summed E-state index contributed by atoms with van der Waals surface area (Å²) in [5, 5.41) is 0. The van der Waals surface area contributed by atoms with Crippen LogP contribution >= 0.6 is 11.3 Å². The summed E-state index contributed by atoms with van der Waals surface area (Å²) in [5.41, 5.74) is 6.42. The lowest BCUT2D eigenvalue weighted by Gasteiger charge is -2.31. The van der Waals surface area contributed by atoms with Gasteiger partial charge in [-0.3, -0.25) is 14.3 Å².